The Bertz CT molecular complexity index is 590. The van der Waals surface area contributed by atoms with Gasteiger partial charge in [-0.2, -0.15) is 0 Å². The lowest BCUT2D eigenvalue weighted by molar-refractivity contribution is 0.450. The summed E-state index contributed by atoms with van der Waals surface area (Å²) < 4.78 is 18.5. The van der Waals surface area contributed by atoms with E-state index in [1.165, 1.54) is 12.1 Å². The Morgan fingerprint density at radius 2 is 1.71 bits per heavy atom. The third-order valence-electron chi connectivity index (χ3n) is 3.56. The highest BCUT2D eigenvalue weighted by atomic mass is 19.1. The molecule has 0 saturated carbocycles. The monoisotopic (exact) mass is 291 g/mol. The lowest BCUT2D eigenvalue weighted by Gasteiger charge is -2.35. The smallest absolute Gasteiger partial charge is 0.318 e. The molecule has 21 heavy (non-hydrogen) atoms. The van der Waals surface area contributed by atoms with E-state index >= 15 is 0 Å². The van der Waals surface area contributed by atoms with Crippen molar-refractivity contribution < 1.29 is 8.81 Å². The second-order valence-electron chi connectivity index (χ2n) is 5.16. The van der Waals surface area contributed by atoms with Gasteiger partial charge in [0.2, 0.25) is 5.89 Å². The van der Waals surface area contributed by atoms with Gasteiger partial charge in [-0.05, 0) is 31.2 Å². The number of rotatable bonds is 3. The average Bonchev–Trinajstić information content (AvgIpc) is 2.98. The van der Waals surface area contributed by atoms with E-state index in [0.29, 0.717) is 11.9 Å². The minimum Gasteiger partial charge on any atom is -0.406 e. The normalized spacial score (nSPS) is 17.1. The van der Waals surface area contributed by atoms with Crippen molar-refractivity contribution in [1.82, 2.24) is 10.2 Å². The summed E-state index contributed by atoms with van der Waals surface area (Å²) in [7, 11) is 0. The maximum Gasteiger partial charge on any atom is 0.318 e. The van der Waals surface area contributed by atoms with E-state index in [1.54, 1.807) is 12.1 Å². The highest BCUT2D eigenvalue weighted by Crippen LogP contribution is 2.21. The van der Waals surface area contributed by atoms with Crippen LogP contribution in [0.15, 0.2) is 28.7 Å². The molecule has 1 aliphatic heterocycles. The molecule has 1 fully saturated rings. The second kappa shape index (κ2) is 5.69. The molecule has 1 saturated heterocycles. The summed E-state index contributed by atoms with van der Waals surface area (Å²) in [5.41, 5.74) is 6.74. The van der Waals surface area contributed by atoms with E-state index in [0.717, 1.165) is 31.9 Å². The largest absolute Gasteiger partial charge is 0.406 e. The standard InChI is InChI=1S/C14H18FN5O/c1-10(16)13-17-18-14(21-13)20-8-6-19(7-9-20)12-4-2-11(15)3-5-12/h2-5,10H,6-9,16H2,1H3. The minimum atomic E-state index is -0.258. The number of aromatic nitrogens is 2. The van der Waals surface area contributed by atoms with Crippen LogP contribution in [-0.4, -0.2) is 36.4 Å². The first-order valence-electron chi connectivity index (χ1n) is 6.98. The number of nitrogens with two attached hydrogens (primary N) is 1. The van der Waals surface area contributed by atoms with Crippen LogP contribution in [0.3, 0.4) is 0 Å². The van der Waals surface area contributed by atoms with Crippen molar-refractivity contribution in [2.24, 2.45) is 5.73 Å². The molecule has 0 spiro atoms. The Morgan fingerprint density at radius 1 is 1.10 bits per heavy atom. The molecule has 1 aromatic heterocycles. The van der Waals surface area contributed by atoms with Crippen LogP contribution in [0.1, 0.15) is 18.9 Å². The Hall–Kier alpha value is -2.15. The van der Waals surface area contributed by atoms with Gasteiger partial charge in [-0.25, -0.2) is 4.39 Å². The van der Waals surface area contributed by atoms with E-state index in [-0.39, 0.29) is 11.9 Å². The lowest BCUT2D eigenvalue weighted by atomic mass is 10.2. The SMILES string of the molecule is CC(N)c1nnc(N2CCN(c3ccc(F)cc3)CC2)o1. The molecule has 112 valence electrons. The van der Waals surface area contributed by atoms with Crippen molar-refractivity contribution >= 4 is 11.7 Å². The Morgan fingerprint density at radius 3 is 2.29 bits per heavy atom. The Labute approximate surface area is 122 Å². The first kappa shape index (κ1) is 13.8. The summed E-state index contributed by atoms with van der Waals surface area (Å²) >= 11 is 0. The van der Waals surface area contributed by atoms with E-state index < -0.39 is 0 Å². The topological polar surface area (TPSA) is 71.4 Å². The molecular weight excluding hydrogens is 273 g/mol. The molecular formula is C14H18FN5O. The fourth-order valence-electron chi connectivity index (χ4n) is 2.35. The predicted molar refractivity (Wildman–Crippen MR) is 77.7 cm³/mol. The zero-order chi connectivity index (χ0) is 14.8. The molecule has 2 N–H and O–H groups in total. The molecule has 1 unspecified atom stereocenters. The van der Waals surface area contributed by atoms with Gasteiger partial charge < -0.3 is 20.0 Å². The molecule has 2 heterocycles. The van der Waals surface area contributed by atoms with Crippen LogP contribution in [-0.2, 0) is 0 Å². The van der Waals surface area contributed by atoms with Gasteiger partial charge >= 0.3 is 6.01 Å². The van der Waals surface area contributed by atoms with E-state index in [9.17, 15) is 4.39 Å². The number of halogens is 1. The van der Waals surface area contributed by atoms with Crippen LogP contribution >= 0.6 is 0 Å². The summed E-state index contributed by atoms with van der Waals surface area (Å²) in [5, 5.41) is 7.97. The fraction of sp³-hybridized carbons (Fsp3) is 0.429. The summed E-state index contributed by atoms with van der Waals surface area (Å²) in [6.07, 6.45) is 0. The van der Waals surface area contributed by atoms with E-state index in [4.69, 9.17) is 10.2 Å². The van der Waals surface area contributed by atoms with Crippen LogP contribution in [0.2, 0.25) is 0 Å². The number of benzene rings is 1. The second-order valence-corrected chi connectivity index (χ2v) is 5.16. The molecule has 1 aliphatic rings. The zero-order valence-corrected chi connectivity index (χ0v) is 11.9. The molecule has 1 aromatic carbocycles. The minimum absolute atomic E-state index is 0.216. The van der Waals surface area contributed by atoms with Crippen LogP contribution in [0.25, 0.3) is 0 Å². The fourth-order valence-corrected chi connectivity index (χ4v) is 2.35. The average molecular weight is 291 g/mol. The summed E-state index contributed by atoms with van der Waals surface area (Å²) in [6.45, 7) is 5.00. The number of hydrogen-bond acceptors (Lipinski definition) is 6. The molecule has 1 atom stereocenters. The van der Waals surface area contributed by atoms with Crippen molar-refractivity contribution in [2.45, 2.75) is 13.0 Å². The maximum atomic E-state index is 12.9. The van der Waals surface area contributed by atoms with Crippen LogP contribution in [0.5, 0.6) is 0 Å². The van der Waals surface area contributed by atoms with Gasteiger partial charge in [-0.1, -0.05) is 5.10 Å². The van der Waals surface area contributed by atoms with Crippen molar-refractivity contribution in [2.75, 3.05) is 36.0 Å². The summed E-state index contributed by atoms with van der Waals surface area (Å²) in [4.78, 5) is 4.25. The Kier molecular flexibility index (Phi) is 3.74. The predicted octanol–water partition coefficient (Wildman–Crippen LogP) is 1.55. The van der Waals surface area contributed by atoms with Gasteiger partial charge in [0.05, 0.1) is 6.04 Å². The van der Waals surface area contributed by atoms with Crippen LogP contribution in [0.4, 0.5) is 16.1 Å². The van der Waals surface area contributed by atoms with Crippen molar-refractivity contribution in [3.8, 4) is 0 Å². The maximum absolute atomic E-state index is 12.9. The highest BCUT2D eigenvalue weighted by Gasteiger charge is 2.22. The summed E-state index contributed by atoms with van der Waals surface area (Å²) in [5.74, 6) is 0.234. The van der Waals surface area contributed by atoms with Gasteiger partial charge in [0.15, 0.2) is 0 Å². The van der Waals surface area contributed by atoms with Gasteiger partial charge in [0.25, 0.3) is 0 Å². The molecule has 0 aliphatic carbocycles. The first-order chi connectivity index (χ1) is 10.1. The first-order valence-corrected chi connectivity index (χ1v) is 6.98. The Balaban J connectivity index is 1.63. The van der Waals surface area contributed by atoms with Crippen LogP contribution in [0, 0.1) is 5.82 Å². The number of piperazine rings is 1. The van der Waals surface area contributed by atoms with E-state index in [1.807, 2.05) is 11.8 Å². The molecule has 2 aromatic rings. The highest BCUT2D eigenvalue weighted by molar-refractivity contribution is 5.48. The van der Waals surface area contributed by atoms with Crippen molar-refractivity contribution in [3.63, 3.8) is 0 Å². The van der Waals surface area contributed by atoms with Crippen molar-refractivity contribution in [3.05, 3.63) is 36.0 Å². The quantitative estimate of drug-likeness (QED) is 0.925. The van der Waals surface area contributed by atoms with Gasteiger partial charge in [0, 0.05) is 31.9 Å². The summed E-state index contributed by atoms with van der Waals surface area (Å²) in [6, 6.07) is 6.81. The number of nitrogens with zero attached hydrogens (tertiary/aromatic N) is 4. The number of anilines is 2. The van der Waals surface area contributed by atoms with Crippen molar-refractivity contribution in [1.29, 1.82) is 0 Å². The van der Waals surface area contributed by atoms with Gasteiger partial charge in [0.1, 0.15) is 5.82 Å². The molecule has 0 bridgehead atoms. The van der Waals surface area contributed by atoms with E-state index in [2.05, 4.69) is 15.1 Å². The zero-order valence-electron chi connectivity index (χ0n) is 11.9. The molecule has 7 heteroatoms. The molecule has 0 amide bonds. The lowest BCUT2D eigenvalue weighted by Crippen LogP contribution is -2.46. The van der Waals surface area contributed by atoms with Crippen LogP contribution < -0.4 is 15.5 Å². The molecule has 6 nitrogen and oxygen atoms in total. The number of hydrogen-bond donors (Lipinski definition) is 1. The van der Waals surface area contributed by atoms with Gasteiger partial charge in [-0.15, -0.1) is 5.10 Å². The third kappa shape index (κ3) is 2.97. The molecule has 3 rings (SSSR count). The third-order valence-corrected chi connectivity index (χ3v) is 3.56. The molecule has 0 radical (unpaired) electrons. The van der Waals surface area contributed by atoms with Gasteiger partial charge in [-0.3, -0.25) is 0 Å².